The van der Waals surface area contributed by atoms with Crippen molar-refractivity contribution in [3.8, 4) is 5.75 Å². The van der Waals surface area contributed by atoms with E-state index in [-0.39, 0.29) is 5.91 Å². The van der Waals surface area contributed by atoms with Gasteiger partial charge in [0.2, 0.25) is 0 Å². The van der Waals surface area contributed by atoms with Crippen molar-refractivity contribution in [1.29, 1.82) is 0 Å². The molecule has 2 aromatic carbocycles. The zero-order valence-corrected chi connectivity index (χ0v) is 16.4. The molecule has 1 saturated heterocycles. The summed E-state index contributed by atoms with van der Waals surface area (Å²) in [6.07, 6.45) is 0. The number of aryl methyl sites for hydroxylation is 2. The van der Waals surface area contributed by atoms with Crippen LogP contribution in [0.4, 0.5) is 5.69 Å². The van der Waals surface area contributed by atoms with Crippen LogP contribution < -0.4 is 19.9 Å². The van der Waals surface area contributed by atoms with Crippen molar-refractivity contribution in [2.45, 2.75) is 13.8 Å². The van der Waals surface area contributed by atoms with Crippen LogP contribution in [0.2, 0.25) is 0 Å². The van der Waals surface area contributed by atoms with Gasteiger partial charge in [0.1, 0.15) is 45.1 Å². The number of nitrogens with one attached hydrogen (secondary N) is 3. The number of benzene rings is 2. The number of hydrogen-bond acceptors (Lipinski definition) is 2. The third kappa shape index (κ3) is 6.08. The first-order valence-corrected chi connectivity index (χ1v) is 9.82. The lowest BCUT2D eigenvalue weighted by atomic mass is 10.1. The van der Waals surface area contributed by atoms with E-state index < -0.39 is 0 Å². The molecular formula is C22H31N3O2+2. The van der Waals surface area contributed by atoms with Gasteiger partial charge in [-0.15, -0.1) is 0 Å². The largest absolute Gasteiger partial charge is 0.488 e. The lowest BCUT2D eigenvalue weighted by molar-refractivity contribution is -1.01. The van der Waals surface area contributed by atoms with Crippen molar-refractivity contribution in [3.63, 3.8) is 0 Å². The van der Waals surface area contributed by atoms with E-state index in [1.165, 1.54) is 16.0 Å². The topological polar surface area (TPSA) is 47.2 Å². The number of hydrogen-bond donors (Lipinski definition) is 3. The lowest BCUT2D eigenvalue weighted by Crippen LogP contribution is -3.28. The maximum Gasteiger partial charge on any atom is 0.279 e. The van der Waals surface area contributed by atoms with Gasteiger partial charge < -0.3 is 19.9 Å². The van der Waals surface area contributed by atoms with E-state index in [2.05, 4.69) is 25.2 Å². The first-order chi connectivity index (χ1) is 13.1. The molecule has 3 N–H and O–H groups in total. The monoisotopic (exact) mass is 369 g/mol. The molecule has 1 aliphatic heterocycles. The number of para-hydroxylation sites is 1. The van der Waals surface area contributed by atoms with Gasteiger partial charge in [-0.1, -0.05) is 24.3 Å². The molecule has 3 rings (SSSR count). The van der Waals surface area contributed by atoms with Crippen LogP contribution in [0.5, 0.6) is 5.75 Å². The van der Waals surface area contributed by atoms with E-state index in [9.17, 15) is 4.79 Å². The maximum atomic E-state index is 12.3. The van der Waals surface area contributed by atoms with E-state index >= 15 is 0 Å². The zero-order chi connectivity index (χ0) is 19.1. The molecule has 0 bridgehead atoms. The number of ether oxygens (including phenoxy) is 1. The smallest absolute Gasteiger partial charge is 0.279 e. The summed E-state index contributed by atoms with van der Waals surface area (Å²) in [5, 5.41) is 3.03. The fraction of sp³-hybridized carbons (Fsp3) is 0.409. The van der Waals surface area contributed by atoms with Crippen LogP contribution in [-0.2, 0) is 4.79 Å². The Hall–Kier alpha value is -2.37. The van der Waals surface area contributed by atoms with Gasteiger partial charge in [0.25, 0.3) is 5.91 Å². The summed E-state index contributed by atoms with van der Waals surface area (Å²) in [4.78, 5) is 15.3. The molecule has 0 saturated carbocycles. The summed E-state index contributed by atoms with van der Waals surface area (Å²) in [6, 6.07) is 16.0. The first-order valence-electron chi connectivity index (χ1n) is 9.82. The predicted octanol–water partition coefficient (Wildman–Crippen LogP) is 0.104. The molecule has 0 atom stereocenters. The van der Waals surface area contributed by atoms with Crippen molar-refractivity contribution in [2.75, 3.05) is 51.2 Å². The normalized spacial score (nSPS) is 19.5. The highest BCUT2D eigenvalue weighted by Crippen LogP contribution is 2.13. The van der Waals surface area contributed by atoms with Crippen LogP contribution in [-0.4, -0.2) is 51.8 Å². The van der Waals surface area contributed by atoms with Gasteiger partial charge in [-0.2, -0.15) is 0 Å². The second kappa shape index (κ2) is 9.53. The van der Waals surface area contributed by atoms with Gasteiger partial charge in [0.15, 0.2) is 6.54 Å². The van der Waals surface area contributed by atoms with Crippen LogP contribution in [0, 0.1) is 13.8 Å². The molecule has 1 fully saturated rings. The molecule has 1 aliphatic rings. The van der Waals surface area contributed by atoms with Gasteiger partial charge in [0, 0.05) is 5.69 Å². The Kier molecular flexibility index (Phi) is 6.85. The highest BCUT2D eigenvalue weighted by molar-refractivity contribution is 5.91. The minimum atomic E-state index is 0.101. The number of amides is 1. The molecule has 5 nitrogen and oxygen atoms in total. The Balaban J connectivity index is 1.35. The quantitative estimate of drug-likeness (QED) is 0.649. The Labute approximate surface area is 161 Å². The van der Waals surface area contributed by atoms with Crippen molar-refractivity contribution in [1.82, 2.24) is 0 Å². The average Bonchev–Trinajstić information content (AvgIpc) is 2.67. The third-order valence-corrected chi connectivity index (χ3v) is 5.33. The molecule has 0 spiro atoms. The van der Waals surface area contributed by atoms with Crippen molar-refractivity contribution < 1.29 is 19.3 Å². The Bertz CT molecular complexity index is 740. The maximum absolute atomic E-state index is 12.3. The van der Waals surface area contributed by atoms with Crippen molar-refractivity contribution >= 4 is 11.6 Å². The lowest BCUT2D eigenvalue weighted by Gasteiger charge is -2.29. The summed E-state index contributed by atoms with van der Waals surface area (Å²) < 4.78 is 5.79. The van der Waals surface area contributed by atoms with Gasteiger partial charge in [-0.05, 0) is 49.2 Å². The number of quaternary nitrogens is 2. The number of carbonyl (C=O) groups excluding carboxylic acids is 1. The molecule has 0 unspecified atom stereocenters. The minimum absolute atomic E-state index is 0.101. The van der Waals surface area contributed by atoms with Crippen molar-refractivity contribution in [3.05, 3.63) is 59.7 Å². The van der Waals surface area contributed by atoms with E-state index in [1.54, 1.807) is 4.90 Å². The minimum Gasteiger partial charge on any atom is -0.488 e. The molecule has 1 amide bonds. The molecule has 0 aromatic heterocycles. The first kappa shape index (κ1) is 19.4. The average molecular weight is 370 g/mol. The molecule has 1 heterocycles. The van der Waals surface area contributed by atoms with Gasteiger partial charge in [-0.25, -0.2) is 0 Å². The molecule has 5 heteroatoms. The standard InChI is InChI=1S/C22H29N3O2/c1-18-8-9-20(16-19(18)2)23-22(26)17-25-12-10-24(11-13-25)14-15-27-21-6-4-3-5-7-21/h3-9,16H,10-15,17H2,1-2H3,(H,23,26)/p+2. The Morgan fingerprint density at radius 2 is 1.67 bits per heavy atom. The highest BCUT2D eigenvalue weighted by Gasteiger charge is 2.24. The van der Waals surface area contributed by atoms with E-state index in [0.717, 1.165) is 50.8 Å². The van der Waals surface area contributed by atoms with Crippen LogP contribution >= 0.6 is 0 Å². The summed E-state index contributed by atoms with van der Waals surface area (Å²) in [5.41, 5.74) is 3.34. The molecule has 27 heavy (non-hydrogen) atoms. The number of piperazine rings is 1. The fourth-order valence-electron chi connectivity index (χ4n) is 3.47. The molecule has 144 valence electrons. The third-order valence-electron chi connectivity index (χ3n) is 5.33. The summed E-state index contributed by atoms with van der Waals surface area (Å²) in [5.74, 6) is 1.04. The van der Waals surface area contributed by atoms with Gasteiger partial charge >= 0.3 is 0 Å². The summed E-state index contributed by atoms with van der Waals surface area (Å²) >= 11 is 0. The zero-order valence-electron chi connectivity index (χ0n) is 16.4. The van der Waals surface area contributed by atoms with Crippen LogP contribution in [0.15, 0.2) is 48.5 Å². The SMILES string of the molecule is Cc1ccc(NC(=O)C[NH+]2CC[NH+](CCOc3ccccc3)CC2)cc1C. The predicted molar refractivity (Wildman–Crippen MR) is 108 cm³/mol. The fourth-order valence-corrected chi connectivity index (χ4v) is 3.47. The van der Waals surface area contributed by atoms with E-state index in [4.69, 9.17) is 4.74 Å². The van der Waals surface area contributed by atoms with Gasteiger partial charge in [0.05, 0.1) is 0 Å². The number of rotatable bonds is 7. The molecule has 2 aromatic rings. The van der Waals surface area contributed by atoms with Crippen LogP contribution in [0.1, 0.15) is 11.1 Å². The highest BCUT2D eigenvalue weighted by atomic mass is 16.5. The molecule has 0 radical (unpaired) electrons. The van der Waals surface area contributed by atoms with Crippen LogP contribution in [0.3, 0.4) is 0 Å². The summed E-state index contributed by atoms with van der Waals surface area (Å²) in [6.45, 7) is 10.7. The number of carbonyl (C=O) groups is 1. The second-order valence-electron chi connectivity index (χ2n) is 7.44. The molecule has 0 aliphatic carbocycles. The summed E-state index contributed by atoms with van der Waals surface area (Å²) in [7, 11) is 0. The van der Waals surface area contributed by atoms with Crippen LogP contribution in [0.25, 0.3) is 0 Å². The van der Waals surface area contributed by atoms with E-state index in [1.807, 2.05) is 42.5 Å². The Morgan fingerprint density at radius 1 is 0.963 bits per heavy atom. The van der Waals surface area contributed by atoms with E-state index in [0.29, 0.717) is 6.54 Å². The Morgan fingerprint density at radius 3 is 2.37 bits per heavy atom. The van der Waals surface area contributed by atoms with Gasteiger partial charge in [-0.3, -0.25) is 4.79 Å². The molecular weight excluding hydrogens is 338 g/mol. The number of anilines is 1. The van der Waals surface area contributed by atoms with Crippen molar-refractivity contribution in [2.24, 2.45) is 0 Å². The second-order valence-corrected chi connectivity index (χ2v) is 7.44.